The van der Waals surface area contributed by atoms with Crippen LogP contribution in [0.1, 0.15) is 32.6 Å². The molecule has 1 saturated carbocycles. The van der Waals surface area contributed by atoms with Crippen LogP contribution in [0.3, 0.4) is 0 Å². The summed E-state index contributed by atoms with van der Waals surface area (Å²) < 4.78 is 0. The van der Waals surface area contributed by atoms with Crippen LogP contribution in [0.25, 0.3) is 0 Å². The van der Waals surface area contributed by atoms with E-state index in [9.17, 15) is 0 Å². The van der Waals surface area contributed by atoms with Gasteiger partial charge < -0.3 is 10.2 Å². The van der Waals surface area contributed by atoms with Crippen LogP contribution in [0.4, 0.5) is 17.3 Å². The molecule has 3 rings (SSSR count). The SMILES string of the molecule is CCN(c1ccccc1)c1cc(NC2CCCC2)ncn1. The molecule has 110 valence electrons. The van der Waals surface area contributed by atoms with Crippen LogP contribution in [-0.4, -0.2) is 22.6 Å². The number of nitrogens with one attached hydrogen (secondary N) is 1. The fourth-order valence-electron chi connectivity index (χ4n) is 2.94. The van der Waals surface area contributed by atoms with Gasteiger partial charge in [0.1, 0.15) is 18.0 Å². The van der Waals surface area contributed by atoms with Gasteiger partial charge in [-0.25, -0.2) is 9.97 Å². The topological polar surface area (TPSA) is 41.0 Å². The lowest BCUT2D eigenvalue weighted by Crippen LogP contribution is -2.19. The first-order valence-electron chi connectivity index (χ1n) is 7.78. The second-order valence-corrected chi connectivity index (χ2v) is 5.47. The number of hydrogen-bond donors (Lipinski definition) is 1. The molecule has 1 aliphatic carbocycles. The number of aromatic nitrogens is 2. The maximum absolute atomic E-state index is 4.44. The Bertz CT molecular complexity index is 564. The minimum Gasteiger partial charge on any atom is -0.367 e. The second-order valence-electron chi connectivity index (χ2n) is 5.47. The van der Waals surface area contributed by atoms with Crippen molar-refractivity contribution in [1.29, 1.82) is 0 Å². The summed E-state index contributed by atoms with van der Waals surface area (Å²) >= 11 is 0. The lowest BCUT2D eigenvalue weighted by molar-refractivity contribution is 0.749. The molecule has 0 amide bonds. The molecule has 21 heavy (non-hydrogen) atoms. The number of hydrogen-bond acceptors (Lipinski definition) is 4. The first-order valence-corrected chi connectivity index (χ1v) is 7.78. The van der Waals surface area contributed by atoms with Gasteiger partial charge >= 0.3 is 0 Å². The molecule has 1 aliphatic rings. The average molecular weight is 282 g/mol. The zero-order valence-corrected chi connectivity index (χ0v) is 12.5. The summed E-state index contributed by atoms with van der Waals surface area (Å²) in [5.74, 6) is 1.88. The van der Waals surface area contributed by atoms with Gasteiger partial charge in [0, 0.05) is 24.3 Å². The van der Waals surface area contributed by atoms with E-state index < -0.39 is 0 Å². The fourth-order valence-corrected chi connectivity index (χ4v) is 2.94. The molecule has 0 unspecified atom stereocenters. The largest absolute Gasteiger partial charge is 0.367 e. The predicted octanol–water partition coefficient (Wildman–Crippen LogP) is 3.99. The number of anilines is 3. The summed E-state index contributed by atoms with van der Waals surface area (Å²) in [6.45, 7) is 3.02. The van der Waals surface area contributed by atoms with Crippen molar-refractivity contribution < 1.29 is 0 Å². The Morgan fingerprint density at radius 1 is 1.14 bits per heavy atom. The summed E-state index contributed by atoms with van der Waals surface area (Å²) in [4.78, 5) is 11.0. The Labute approximate surface area is 126 Å². The van der Waals surface area contributed by atoms with Crippen LogP contribution in [0, 0.1) is 0 Å². The molecule has 0 bridgehead atoms. The van der Waals surface area contributed by atoms with Crippen LogP contribution in [0.15, 0.2) is 42.7 Å². The zero-order valence-electron chi connectivity index (χ0n) is 12.5. The summed E-state index contributed by atoms with van der Waals surface area (Å²) in [5, 5.41) is 3.53. The number of para-hydroxylation sites is 1. The highest BCUT2D eigenvalue weighted by Gasteiger charge is 2.16. The first kappa shape index (κ1) is 13.9. The molecule has 1 N–H and O–H groups in total. The van der Waals surface area contributed by atoms with E-state index >= 15 is 0 Å². The van der Waals surface area contributed by atoms with Gasteiger partial charge in [-0.3, -0.25) is 0 Å². The Hall–Kier alpha value is -2.10. The molecule has 1 aromatic heterocycles. The third-order valence-corrected chi connectivity index (χ3v) is 4.02. The molecule has 1 heterocycles. The molecule has 0 saturated heterocycles. The van der Waals surface area contributed by atoms with Crippen LogP contribution < -0.4 is 10.2 Å². The molecule has 0 atom stereocenters. The number of nitrogens with zero attached hydrogens (tertiary/aromatic N) is 3. The highest BCUT2D eigenvalue weighted by molar-refractivity contribution is 5.62. The number of benzene rings is 1. The van der Waals surface area contributed by atoms with Gasteiger partial charge in [0.05, 0.1) is 0 Å². The van der Waals surface area contributed by atoms with Crippen molar-refractivity contribution in [1.82, 2.24) is 9.97 Å². The van der Waals surface area contributed by atoms with Gasteiger partial charge in [-0.05, 0) is 31.9 Å². The van der Waals surface area contributed by atoms with Gasteiger partial charge in [0.15, 0.2) is 0 Å². The van der Waals surface area contributed by atoms with E-state index in [0.717, 1.165) is 23.9 Å². The molecular weight excluding hydrogens is 260 g/mol. The van der Waals surface area contributed by atoms with Crippen molar-refractivity contribution in [2.75, 3.05) is 16.8 Å². The Balaban J connectivity index is 1.80. The molecule has 0 radical (unpaired) electrons. The van der Waals surface area contributed by atoms with Crippen LogP contribution in [-0.2, 0) is 0 Å². The monoisotopic (exact) mass is 282 g/mol. The minimum atomic E-state index is 0.569. The maximum atomic E-state index is 4.44. The Morgan fingerprint density at radius 3 is 2.62 bits per heavy atom. The molecule has 1 fully saturated rings. The molecule has 4 nitrogen and oxygen atoms in total. The summed E-state index contributed by atoms with van der Waals surface area (Å²) in [6.07, 6.45) is 6.78. The molecule has 0 aliphatic heterocycles. The van der Waals surface area contributed by atoms with Crippen molar-refractivity contribution in [3.8, 4) is 0 Å². The molecule has 0 spiro atoms. The van der Waals surface area contributed by atoms with Gasteiger partial charge in [-0.1, -0.05) is 31.0 Å². The van der Waals surface area contributed by atoms with Crippen molar-refractivity contribution in [3.05, 3.63) is 42.7 Å². The van der Waals surface area contributed by atoms with E-state index in [1.54, 1.807) is 6.33 Å². The third kappa shape index (κ3) is 3.32. The lowest BCUT2D eigenvalue weighted by Gasteiger charge is -2.22. The van der Waals surface area contributed by atoms with Gasteiger partial charge in [-0.15, -0.1) is 0 Å². The highest BCUT2D eigenvalue weighted by Crippen LogP contribution is 2.26. The van der Waals surface area contributed by atoms with Crippen LogP contribution >= 0.6 is 0 Å². The van der Waals surface area contributed by atoms with Crippen molar-refractivity contribution in [3.63, 3.8) is 0 Å². The van der Waals surface area contributed by atoms with Crippen molar-refractivity contribution >= 4 is 17.3 Å². The average Bonchev–Trinajstić information content (AvgIpc) is 3.02. The second kappa shape index (κ2) is 6.57. The van der Waals surface area contributed by atoms with Gasteiger partial charge in [0.25, 0.3) is 0 Å². The smallest absolute Gasteiger partial charge is 0.138 e. The quantitative estimate of drug-likeness (QED) is 0.900. The Morgan fingerprint density at radius 2 is 1.90 bits per heavy atom. The van der Waals surface area contributed by atoms with E-state index in [-0.39, 0.29) is 0 Å². The van der Waals surface area contributed by atoms with Gasteiger partial charge in [-0.2, -0.15) is 0 Å². The maximum Gasteiger partial charge on any atom is 0.138 e. The summed E-state index contributed by atoms with van der Waals surface area (Å²) in [7, 11) is 0. The third-order valence-electron chi connectivity index (χ3n) is 4.02. The van der Waals surface area contributed by atoms with E-state index in [2.05, 4.69) is 57.4 Å². The van der Waals surface area contributed by atoms with E-state index in [1.807, 2.05) is 6.07 Å². The predicted molar refractivity (Wildman–Crippen MR) is 87.0 cm³/mol. The first-order chi connectivity index (χ1) is 10.4. The van der Waals surface area contributed by atoms with Crippen LogP contribution in [0.2, 0.25) is 0 Å². The fraction of sp³-hybridized carbons (Fsp3) is 0.412. The van der Waals surface area contributed by atoms with E-state index in [4.69, 9.17) is 0 Å². The summed E-state index contributed by atoms with van der Waals surface area (Å²) in [6, 6.07) is 13.0. The zero-order chi connectivity index (χ0) is 14.5. The van der Waals surface area contributed by atoms with Gasteiger partial charge in [0.2, 0.25) is 0 Å². The van der Waals surface area contributed by atoms with Crippen molar-refractivity contribution in [2.45, 2.75) is 38.6 Å². The minimum absolute atomic E-state index is 0.569. The van der Waals surface area contributed by atoms with E-state index in [1.165, 1.54) is 25.7 Å². The molecule has 1 aromatic carbocycles. The molecule has 2 aromatic rings. The van der Waals surface area contributed by atoms with Crippen molar-refractivity contribution in [2.24, 2.45) is 0 Å². The lowest BCUT2D eigenvalue weighted by atomic mass is 10.2. The summed E-state index contributed by atoms with van der Waals surface area (Å²) in [5.41, 5.74) is 1.16. The highest BCUT2D eigenvalue weighted by atomic mass is 15.2. The Kier molecular flexibility index (Phi) is 4.34. The number of rotatable bonds is 5. The standard InChI is InChI=1S/C17H22N4/c1-2-21(15-10-4-3-5-11-15)17-12-16(18-13-19-17)20-14-8-6-7-9-14/h3-5,10-14H,2,6-9H2,1H3,(H,18,19,20). The molecular formula is C17H22N4. The van der Waals surface area contributed by atoms with Crippen LogP contribution in [0.5, 0.6) is 0 Å². The molecule has 4 heteroatoms. The van der Waals surface area contributed by atoms with E-state index in [0.29, 0.717) is 6.04 Å². The normalized spacial score (nSPS) is 15.1.